The largest absolute Gasteiger partial charge is 0.534 e. The van der Waals surface area contributed by atoms with Crippen LogP contribution in [0, 0.1) is 0 Å². The van der Waals surface area contributed by atoms with Crippen molar-refractivity contribution in [2.24, 2.45) is 5.16 Å². The molecule has 2 aromatic rings. The zero-order chi connectivity index (χ0) is 15.9. The number of oxime groups is 1. The number of carbonyl (C=O) groups excluding carboxylic acids is 1. The lowest BCUT2D eigenvalue weighted by Crippen LogP contribution is -2.02. The highest BCUT2D eigenvalue weighted by atomic mass is 32.2. The topological polar surface area (TPSA) is 73.9 Å². The van der Waals surface area contributed by atoms with Gasteiger partial charge in [0.15, 0.2) is 0 Å². The number of hydrogen-bond acceptors (Lipinski definition) is 6. The molecule has 0 bridgehead atoms. The second kappa shape index (κ2) is 7.51. The summed E-state index contributed by atoms with van der Waals surface area (Å²) in [6.07, 6.45) is -0.838. The molecule has 5 nitrogen and oxygen atoms in total. The van der Waals surface area contributed by atoms with E-state index in [2.05, 4.69) is 14.7 Å². The van der Waals surface area contributed by atoms with E-state index in [4.69, 9.17) is 5.73 Å². The van der Waals surface area contributed by atoms with Crippen molar-refractivity contribution in [2.45, 2.75) is 16.7 Å². The fourth-order valence-electron chi connectivity index (χ4n) is 1.63. The normalized spacial score (nSPS) is 11.1. The van der Waals surface area contributed by atoms with Crippen molar-refractivity contribution in [3.8, 4) is 0 Å². The highest BCUT2D eigenvalue weighted by Crippen LogP contribution is 2.28. The van der Waals surface area contributed by atoms with Gasteiger partial charge < -0.3 is 10.5 Å². The molecule has 2 N–H and O–H groups in total. The van der Waals surface area contributed by atoms with Crippen LogP contribution in [0.2, 0.25) is 0 Å². The van der Waals surface area contributed by atoms with Gasteiger partial charge in [0.2, 0.25) is 0 Å². The summed E-state index contributed by atoms with van der Waals surface area (Å²) < 4.78 is 4.35. The van der Waals surface area contributed by atoms with Crippen molar-refractivity contribution in [1.82, 2.24) is 0 Å². The number of benzene rings is 2. The van der Waals surface area contributed by atoms with Gasteiger partial charge in [-0.3, -0.25) is 4.84 Å². The van der Waals surface area contributed by atoms with E-state index in [1.807, 2.05) is 48.5 Å². The molecule has 2 aromatic carbocycles. The smallest absolute Gasteiger partial charge is 0.436 e. The van der Waals surface area contributed by atoms with Crippen LogP contribution in [0.3, 0.4) is 0 Å². The average molecular weight is 316 g/mol. The summed E-state index contributed by atoms with van der Waals surface area (Å²) in [6, 6.07) is 15.5. The Labute approximate surface area is 133 Å². The minimum atomic E-state index is -0.838. The predicted octanol–water partition coefficient (Wildman–Crippen LogP) is 3.93. The zero-order valence-electron chi connectivity index (χ0n) is 12.3. The first-order valence-electron chi connectivity index (χ1n) is 6.52. The standard InChI is InChI=1S/C16H16N2O3S/c1-11(18-21-16(19)20-2)12-3-7-14(8-4-12)22-15-9-5-13(17)6-10-15/h3-10H,17H2,1-2H3/b18-11+. The maximum absolute atomic E-state index is 10.9. The molecule has 0 heterocycles. The Morgan fingerprint density at radius 1 is 1.05 bits per heavy atom. The molecule has 114 valence electrons. The number of nitrogens with two attached hydrogens (primary N) is 1. The van der Waals surface area contributed by atoms with E-state index in [0.717, 1.165) is 21.0 Å². The van der Waals surface area contributed by atoms with Crippen molar-refractivity contribution in [3.05, 3.63) is 54.1 Å². The average Bonchev–Trinajstić information content (AvgIpc) is 2.55. The molecule has 22 heavy (non-hydrogen) atoms. The number of nitrogen functional groups attached to an aromatic ring is 1. The molecule has 0 aliphatic carbocycles. The van der Waals surface area contributed by atoms with Crippen molar-refractivity contribution < 1.29 is 14.4 Å². The fourth-order valence-corrected chi connectivity index (χ4v) is 2.45. The third-order valence-electron chi connectivity index (χ3n) is 2.81. The first kappa shape index (κ1) is 15.9. The molecule has 0 spiro atoms. The van der Waals surface area contributed by atoms with E-state index in [1.54, 1.807) is 18.7 Å². The number of methoxy groups -OCH3 is 1. The highest BCUT2D eigenvalue weighted by Gasteiger charge is 2.03. The maximum Gasteiger partial charge on any atom is 0.534 e. The van der Waals surface area contributed by atoms with Crippen LogP contribution in [0.4, 0.5) is 10.5 Å². The van der Waals surface area contributed by atoms with Gasteiger partial charge in [-0.15, -0.1) is 0 Å². The zero-order valence-corrected chi connectivity index (χ0v) is 13.1. The van der Waals surface area contributed by atoms with Gasteiger partial charge >= 0.3 is 6.16 Å². The summed E-state index contributed by atoms with van der Waals surface area (Å²) in [5.41, 5.74) is 7.87. The Bertz CT molecular complexity index is 667. The van der Waals surface area contributed by atoms with Gasteiger partial charge in [-0.1, -0.05) is 29.1 Å². The number of carbonyl (C=O) groups is 1. The lowest BCUT2D eigenvalue weighted by molar-refractivity contribution is 0.0753. The van der Waals surface area contributed by atoms with Gasteiger partial charge in [-0.25, -0.2) is 4.79 Å². The van der Waals surface area contributed by atoms with E-state index < -0.39 is 6.16 Å². The Hall–Kier alpha value is -2.47. The van der Waals surface area contributed by atoms with Crippen molar-refractivity contribution in [1.29, 1.82) is 0 Å². The SMILES string of the molecule is COC(=O)O/N=C(\C)c1ccc(Sc2ccc(N)cc2)cc1. The van der Waals surface area contributed by atoms with Crippen LogP contribution in [0.5, 0.6) is 0 Å². The molecular formula is C16H16N2O3S. The van der Waals surface area contributed by atoms with Crippen molar-refractivity contribution in [3.63, 3.8) is 0 Å². The quantitative estimate of drug-likeness (QED) is 0.304. The molecule has 0 amide bonds. The third kappa shape index (κ3) is 4.53. The summed E-state index contributed by atoms with van der Waals surface area (Å²) in [5, 5.41) is 3.71. The van der Waals surface area contributed by atoms with Gasteiger partial charge in [0.1, 0.15) is 0 Å². The first-order valence-corrected chi connectivity index (χ1v) is 7.33. The Morgan fingerprint density at radius 3 is 2.14 bits per heavy atom. The van der Waals surface area contributed by atoms with Crippen LogP contribution in [-0.2, 0) is 9.57 Å². The third-order valence-corrected chi connectivity index (χ3v) is 3.83. The second-order valence-electron chi connectivity index (χ2n) is 4.42. The molecule has 6 heteroatoms. The second-order valence-corrected chi connectivity index (χ2v) is 5.56. The van der Waals surface area contributed by atoms with E-state index in [-0.39, 0.29) is 0 Å². The number of ether oxygens (including phenoxy) is 1. The number of rotatable bonds is 4. The minimum Gasteiger partial charge on any atom is -0.436 e. The van der Waals surface area contributed by atoms with Crippen LogP contribution in [0.25, 0.3) is 0 Å². The van der Waals surface area contributed by atoms with E-state index >= 15 is 0 Å². The van der Waals surface area contributed by atoms with Crippen molar-refractivity contribution in [2.75, 3.05) is 12.8 Å². The van der Waals surface area contributed by atoms with Crippen LogP contribution < -0.4 is 5.73 Å². The highest BCUT2D eigenvalue weighted by molar-refractivity contribution is 7.99. The molecule has 0 aliphatic rings. The number of anilines is 1. The van der Waals surface area contributed by atoms with Crippen LogP contribution >= 0.6 is 11.8 Å². The van der Waals surface area contributed by atoms with Crippen molar-refractivity contribution >= 4 is 29.3 Å². The summed E-state index contributed by atoms with van der Waals surface area (Å²) in [7, 11) is 1.23. The Morgan fingerprint density at radius 2 is 1.59 bits per heavy atom. The van der Waals surface area contributed by atoms with Gasteiger partial charge in [-0.05, 0) is 48.9 Å². The molecule has 0 radical (unpaired) electrons. The molecule has 0 aliphatic heterocycles. The van der Waals surface area contributed by atoms with E-state index in [1.165, 1.54) is 7.11 Å². The summed E-state index contributed by atoms with van der Waals surface area (Å²) >= 11 is 1.64. The number of nitrogens with zero attached hydrogens (tertiary/aromatic N) is 1. The van der Waals surface area contributed by atoms with Gasteiger partial charge in [-0.2, -0.15) is 0 Å². The van der Waals surface area contributed by atoms with Gasteiger partial charge in [0, 0.05) is 15.5 Å². The molecule has 0 saturated carbocycles. The molecule has 2 rings (SSSR count). The summed E-state index contributed by atoms with van der Waals surface area (Å²) in [6.45, 7) is 1.76. The molecule has 0 saturated heterocycles. The molecule has 0 fully saturated rings. The lowest BCUT2D eigenvalue weighted by Gasteiger charge is -2.04. The minimum absolute atomic E-state index is 0.592. The monoisotopic (exact) mass is 316 g/mol. The fraction of sp³-hybridized carbons (Fsp3) is 0.125. The molecule has 0 aromatic heterocycles. The van der Waals surface area contributed by atoms with Crippen LogP contribution in [0.15, 0.2) is 63.5 Å². The number of hydrogen-bond donors (Lipinski definition) is 1. The van der Waals surface area contributed by atoms with E-state index in [0.29, 0.717) is 5.71 Å². The summed E-state index contributed by atoms with van der Waals surface area (Å²) in [4.78, 5) is 17.6. The first-order chi connectivity index (χ1) is 10.6. The van der Waals surface area contributed by atoms with Gasteiger partial charge in [0.25, 0.3) is 0 Å². The Kier molecular flexibility index (Phi) is 5.43. The Balaban J connectivity index is 2.03. The molecule has 0 unspecified atom stereocenters. The molecular weight excluding hydrogens is 300 g/mol. The maximum atomic E-state index is 10.9. The lowest BCUT2D eigenvalue weighted by atomic mass is 10.1. The van der Waals surface area contributed by atoms with E-state index in [9.17, 15) is 4.79 Å². The predicted molar refractivity (Wildman–Crippen MR) is 87.1 cm³/mol. The van der Waals surface area contributed by atoms with Gasteiger partial charge in [0.05, 0.1) is 12.8 Å². The van der Waals surface area contributed by atoms with Crippen LogP contribution in [0.1, 0.15) is 12.5 Å². The molecule has 0 atom stereocenters. The summed E-state index contributed by atoms with van der Waals surface area (Å²) in [5.74, 6) is 0. The van der Waals surface area contributed by atoms with Crippen LogP contribution in [-0.4, -0.2) is 19.0 Å².